The zero-order chi connectivity index (χ0) is 14.7. The van der Waals surface area contributed by atoms with Gasteiger partial charge in [0.25, 0.3) is 0 Å². The number of fused-ring (bicyclic) bond motifs is 1. The number of hydrogen-bond acceptors (Lipinski definition) is 3. The van der Waals surface area contributed by atoms with Crippen LogP contribution < -0.4 is 0 Å². The molecule has 4 heteroatoms. The Hall–Kier alpha value is -1.86. The standard InChI is InChI=1S/C17H20N2O2/c18-13-17(7-10-21-11-8-17)16(20)19-9-3-6-14-4-1-2-5-15(14)12-19/h1-2,4-5H,3,6-12H2. The van der Waals surface area contributed by atoms with Gasteiger partial charge in [0.15, 0.2) is 0 Å². The van der Waals surface area contributed by atoms with Crippen LogP contribution in [-0.2, 0) is 22.5 Å². The first-order chi connectivity index (χ1) is 10.2. The largest absolute Gasteiger partial charge is 0.381 e. The Balaban J connectivity index is 1.83. The number of ether oxygens (including phenoxy) is 1. The van der Waals surface area contributed by atoms with Crippen molar-refractivity contribution in [3.05, 3.63) is 35.4 Å². The molecule has 21 heavy (non-hydrogen) atoms. The lowest BCUT2D eigenvalue weighted by Crippen LogP contribution is -2.46. The third-order valence-corrected chi connectivity index (χ3v) is 4.61. The van der Waals surface area contributed by atoms with E-state index in [1.165, 1.54) is 11.1 Å². The van der Waals surface area contributed by atoms with Gasteiger partial charge in [0, 0.05) is 26.3 Å². The quantitative estimate of drug-likeness (QED) is 0.795. The lowest BCUT2D eigenvalue weighted by Gasteiger charge is -2.34. The zero-order valence-corrected chi connectivity index (χ0v) is 12.2. The van der Waals surface area contributed by atoms with Gasteiger partial charge in [0.1, 0.15) is 5.41 Å². The van der Waals surface area contributed by atoms with E-state index in [9.17, 15) is 10.1 Å². The average Bonchev–Trinajstić information content (AvgIpc) is 2.77. The van der Waals surface area contributed by atoms with Gasteiger partial charge in [-0.05, 0) is 36.8 Å². The molecule has 4 nitrogen and oxygen atoms in total. The monoisotopic (exact) mass is 284 g/mol. The van der Waals surface area contributed by atoms with Gasteiger partial charge in [-0.15, -0.1) is 0 Å². The molecule has 0 unspecified atom stereocenters. The summed E-state index contributed by atoms with van der Waals surface area (Å²) in [7, 11) is 0. The topological polar surface area (TPSA) is 53.3 Å². The second-order valence-electron chi connectivity index (χ2n) is 5.91. The highest BCUT2D eigenvalue weighted by molar-refractivity contribution is 5.85. The number of nitrogens with zero attached hydrogens (tertiary/aromatic N) is 2. The summed E-state index contributed by atoms with van der Waals surface area (Å²) < 4.78 is 5.32. The predicted octanol–water partition coefficient (Wildman–Crippen LogP) is 2.28. The van der Waals surface area contributed by atoms with Crippen LogP contribution in [0.4, 0.5) is 0 Å². The van der Waals surface area contributed by atoms with Crippen LogP contribution in [0.3, 0.4) is 0 Å². The summed E-state index contributed by atoms with van der Waals surface area (Å²) in [6.45, 7) is 2.37. The van der Waals surface area contributed by atoms with Crippen LogP contribution in [0.2, 0.25) is 0 Å². The number of benzene rings is 1. The minimum Gasteiger partial charge on any atom is -0.381 e. The number of amides is 1. The Morgan fingerprint density at radius 3 is 2.67 bits per heavy atom. The van der Waals surface area contributed by atoms with E-state index in [2.05, 4.69) is 18.2 Å². The molecule has 0 aromatic heterocycles. The van der Waals surface area contributed by atoms with Crippen molar-refractivity contribution in [3.63, 3.8) is 0 Å². The lowest BCUT2D eigenvalue weighted by atomic mass is 9.80. The molecular weight excluding hydrogens is 264 g/mol. The van der Waals surface area contributed by atoms with Crippen LogP contribution in [-0.4, -0.2) is 30.6 Å². The fraction of sp³-hybridized carbons (Fsp3) is 0.529. The summed E-state index contributed by atoms with van der Waals surface area (Å²) in [4.78, 5) is 14.8. The molecule has 1 amide bonds. The Labute approximate surface area is 125 Å². The number of nitriles is 1. The number of carbonyl (C=O) groups is 1. The molecule has 2 aliphatic rings. The lowest BCUT2D eigenvalue weighted by molar-refractivity contribution is -0.144. The van der Waals surface area contributed by atoms with E-state index in [4.69, 9.17) is 4.74 Å². The summed E-state index contributed by atoms with van der Waals surface area (Å²) in [6, 6.07) is 10.6. The summed E-state index contributed by atoms with van der Waals surface area (Å²) in [6.07, 6.45) is 2.99. The fourth-order valence-corrected chi connectivity index (χ4v) is 3.27. The Bertz CT molecular complexity index is 570. The summed E-state index contributed by atoms with van der Waals surface area (Å²) in [5.74, 6) is -0.00926. The minimum absolute atomic E-state index is 0.00926. The molecule has 0 N–H and O–H groups in total. The van der Waals surface area contributed by atoms with Crippen LogP contribution in [0, 0.1) is 16.7 Å². The molecule has 3 rings (SSSR count). The predicted molar refractivity (Wildman–Crippen MR) is 78.3 cm³/mol. The summed E-state index contributed by atoms with van der Waals surface area (Å²) >= 11 is 0. The molecule has 2 heterocycles. The van der Waals surface area contributed by atoms with E-state index < -0.39 is 5.41 Å². The van der Waals surface area contributed by atoms with E-state index in [1.54, 1.807) is 0 Å². The number of carbonyl (C=O) groups excluding carboxylic acids is 1. The smallest absolute Gasteiger partial charge is 0.243 e. The van der Waals surface area contributed by atoms with Gasteiger partial charge in [0.2, 0.25) is 5.91 Å². The van der Waals surface area contributed by atoms with Crippen LogP contribution in [0.5, 0.6) is 0 Å². The first kappa shape index (κ1) is 14.1. The van der Waals surface area contributed by atoms with Gasteiger partial charge in [-0.25, -0.2) is 0 Å². The van der Waals surface area contributed by atoms with E-state index in [-0.39, 0.29) is 5.91 Å². The molecule has 0 aliphatic carbocycles. The highest BCUT2D eigenvalue weighted by atomic mass is 16.5. The maximum absolute atomic E-state index is 12.9. The van der Waals surface area contributed by atoms with Gasteiger partial charge in [-0.3, -0.25) is 4.79 Å². The Morgan fingerprint density at radius 1 is 1.24 bits per heavy atom. The maximum atomic E-state index is 12.9. The molecule has 2 aliphatic heterocycles. The van der Waals surface area contributed by atoms with Crippen molar-refractivity contribution in [2.45, 2.75) is 32.2 Å². The van der Waals surface area contributed by atoms with Crippen LogP contribution >= 0.6 is 0 Å². The van der Waals surface area contributed by atoms with Gasteiger partial charge >= 0.3 is 0 Å². The van der Waals surface area contributed by atoms with Crippen LogP contribution in [0.1, 0.15) is 30.4 Å². The molecule has 1 fully saturated rings. The van der Waals surface area contributed by atoms with Crippen molar-refractivity contribution in [1.82, 2.24) is 4.90 Å². The molecule has 110 valence electrons. The highest BCUT2D eigenvalue weighted by Gasteiger charge is 2.43. The first-order valence-electron chi connectivity index (χ1n) is 7.60. The zero-order valence-electron chi connectivity index (χ0n) is 12.2. The van der Waals surface area contributed by atoms with Gasteiger partial charge in [0.05, 0.1) is 6.07 Å². The Morgan fingerprint density at radius 2 is 1.95 bits per heavy atom. The second-order valence-corrected chi connectivity index (χ2v) is 5.91. The van der Waals surface area contributed by atoms with E-state index in [0.717, 1.165) is 19.4 Å². The van der Waals surface area contributed by atoms with Crippen molar-refractivity contribution in [2.75, 3.05) is 19.8 Å². The summed E-state index contributed by atoms with van der Waals surface area (Å²) in [5.41, 5.74) is 1.66. The average molecular weight is 284 g/mol. The number of hydrogen-bond donors (Lipinski definition) is 0. The van der Waals surface area contributed by atoms with Crippen molar-refractivity contribution in [1.29, 1.82) is 5.26 Å². The highest BCUT2D eigenvalue weighted by Crippen LogP contribution is 2.33. The Kier molecular flexibility index (Phi) is 3.94. The maximum Gasteiger partial charge on any atom is 0.243 e. The van der Waals surface area contributed by atoms with Crippen molar-refractivity contribution in [2.24, 2.45) is 5.41 Å². The number of aryl methyl sites for hydroxylation is 1. The number of rotatable bonds is 1. The molecule has 1 saturated heterocycles. The second kappa shape index (κ2) is 5.87. The van der Waals surface area contributed by atoms with Gasteiger partial charge in [-0.2, -0.15) is 5.26 Å². The molecule has 1 aromatic rings. The minimum atomic E-state index is -0.877. The third kappa shape index (κ3) is 2.66. The van der Waals surface area contributed by atoms with Crippen molar-refractivity contribution < 1.29 is 9.53 Å². The van der Waals surface area contributed by atoms with Gasteiger partial charge in [-0.1, -0.05) is 24.3 Å². The van der Waals surface area contributed by atoms with Gasteiger partial charge < -0.3 is 9.64 Å². The van der Waals surface area contributed by atoms with Crippen molar-refractivity contribution >= 4 is 5.91 Å². The molecule has 0 spiro atoms. The molecule has 1 aromatic carbocycles. The molecule has 0 saturated carbocycles. The third-order valence-electron chi connectivity index (χ3n) is 4.61. The van der Waals surface area contributed by atoms with E-state index in [0.29, 0.717) is 32.6 Å². The fourth-order valence-electron chi connectivity index (χ4n) is 3.27. The van der Waals surface area contributed by atoms with E-state index in [1.807, 2.05) is 17.0 Å². The van der Waals surface area contributed by atoms with Crippen molar-refractivity contribution in [3.8, 4) is 6.07 Å². The molecule has 0 bridgehead atoms. The normalized spacial score (nSPS) is 21.0. The molecule has 0 radical (unpaired) electrons. The first-order valence-corrected chi connectivity index (χ1v) is 7.60. The summed E-state index contributed by atoms with van der Waals surface area (Å²) in [5, 5.41) is 9.56. The van der Waals surface area contributed by atoms with Crippen LogP contribution in [0.25, 0.3) is 0 Å². The molecular formula is C17H20N2O2. The van der Waals surface area contributed by atoms with Crippen LogP contribution in [0.15, 0.2) is 24.3 Å². The molecule has 0 atom stereocenters. The van der Waals surface area contributed by atoms with E-state index >= 15 is 0 Å². The SMILES string of the molecule is N#CC1(C(=O)N2CCCc3ccccc3C2)CCOCC1.